The molecule has 3 N–H and O–H groups in total. The lowest BCUT2D eigenvalue weighted by atomic mass is 10.2. The van der Waals surface area contributed by atoms with Gasteiger partial charge in [-0.1, -0.05) is 11.6 Å². The molecule has 1 atom stereocenters. The van der Waals surface area contributed by atoms with Crippen molar-refractivity contribution in [2.45, 2.75) is 13.0 Å². The van der Waals surface area contributed by atoms with Crippen molar-refractivity contribution in [3.63, 3.8) is 0 Å². The minimum atomic E-state index is -1.19. The van der Waals surface area contributed by atoms with Crippen molar-refractivity contribution in [3.8, 4) is 0 Å². The molecule has 0 aliphatic carbocycles. The van der Waals surface area contributed by atoms with Crippen LogP contribution in [0.15, 0.2) is 28.7 Å². The third-order valence-corrected chi connectivity index (χ3v) is 2.81. The first-order valence-electron chi connectivity index (χ1n) is 5.87. The summed E-state index contributed by atoms with van der Waals surface area (Å²) in [7, 11) is 0. The summed E-state index contributed by atoms with van der Waals surface area (Å²) in [6.45, 7) is 1.30. The highest BCUT2D eigenvalue weighted by Crippen LogP contribution is 2.23. The van der Waals surface area contributed by atoms with Crippen LogP contribution in [0, 0.1) is 0 Å². The number of imide groups is 1. The quantitative estimate of drug-likeness (QED) is 0.840. The number of halogens is 1. The highest BCUT2D eigenvalue weighted by atomic mass is 35.5. The summed E-state index contributed by atoms with van der Waals surface area (Å²) in [5, 5.41) is 2.93. The van der Waals surface area contributed by atoms with E-state index in [2.05, 4.69) is 0 Å². The SMILES string of the molecule is C[C@H](OC(=O)c1cc2cc(Cl)ccc2o1)C(=O)NC(N)=O. The van der Waals surface area contributed by atoms with Crippen LogP contribution in [0.2, 0.25) is 5.02 Å². The molecule has 0 aliphatic heterocycles. The normalized spacial score (nSPS) is 11.9. The molecule has 21 heavy (non-hydrogen) atoms. The Morgan fingerprint density at radius 3 is 2.71 bits per heavy atom. The van der Waals surface area contributed by atoms with Crippen LogP contribution in [0.3, 0.4) is 0 Å². The van der Waals surface area contributed by atoms with Crippen LogP contribution in [0.4, 0.5) is 4.79 Å². The fourth-order valence-electron chi connectivity index (χ4n) is 1.61. The molecule has 0 bridgehead atoms. The van der Waals surface area contributed by atoms with Gasteiger partial charge in [-0.15, -0.1) is 0 Å². The molecule has 8 heteroatoms. The van der Waals surface area contributed by atoms with E-state index in [-0.39, 0.29) is 5.76 Å². The summed E-state index contributed by atoms with van der Waals surface area (Å²) < 4.78 is 10.2. The zero-order chi connectivity index (χ0) is 15.6. The number of nitrogens with one attached hydrogen (secondary N) is 1. The minimum absolute atomic E-state index is 0.0778. The second-order valence-electron chi connectivity index (χ2n) is 4.19. The van der Waals surface area contributed by atoms with Crippen molar-refractivity contribution < 1.29 is 23.5 Å². The van der Waals surface area contributed by atoms with Gasteiger partial charge in [0.1, 0.15) is 5.58 Å². The number of primary amides is 1. The lowest BCUT2D eigenvalue weighted by Gasteiger charge is -2.10. The number of carbonyl (C=O) groups is 3. The van der Waals surface area contributed by atoms with E-state index >= 15 is 0 Å². The second kappa shape index (κ2) is 5.84. The number of amides is 3. The molecule has 0 fully saturated rings. The third-order valence-electron chi connectivity index (χ3n) is 2.58. The van der Waals surface area contributed by atoms with E-state index < -0.39 is 24.0 Å². The molecule has 0 aliphatic rings. The number of rotatable bonds is 3. The van der Waals surface area contributed by atoms with Gasteiger partial charge in [0.2, 0.25) is 5.76 Å². The van der Waals surface area contributed by atoms with Crippen LogP contribution in [0.25, 0.3) is 11.0 Å². The lowest BCUT2D eigenvalue weighted by molar-refractivity contribution is -0.127. The van der Waals surface area contributed by atoms with Crippen LogP contribution in [0.5, 0.6) is 0 Å². The zero-order valence-corrected chi connectivity index (χ0v) is 11.6. The van der Waals surface area contributed by atoms with Crippen molar-refractivity contribution in [3.05, 3.63) is 35.0 Å². The van der Waals surface area contributed by atoms with Gasteiger partial charge < -0.3 is 14.9 Å². The largest absolute Gasteiger partial charge is 0.449 e. The minimum Gasteiger partial charge on any atom is -0.449 e. The summed E-state index contributed by atoms with van der Waals surface area (Å²) in [6, 6.07) is 5.27. The number of hydrogen-bond donors (Lipinski definition) is 2. The van der Waals surface area contributed by atoms with Crippen LogP contribution in [0.1, 0.15) is 17.5 Å². The molecule has 1 aromatic carbocycles. The number of hydrogen-bond acceptors (Lipinski definition) is 5. The van der Waals surface area contributed by atoms with Gasteiger partial charge in [0.05, 0.1) is 0 Å². The number of nitrogens with two attached hydrogens (primary N) is 1. The Morgan fingerprint density at radius 1 is 1.33 bits per heavy atom. The Labute approximate surface area is 124 Å². The Bertz CT molecular complexity index is 724. The predicted molar refractivity (Wildman–Crippen MR) is 73.8 cm³/mol. The molecule has 2 aromatic rings. The fourth-order valence-corrected chi connectivity index (χ4v) is 1.79. The lowest BCUT2D eigenvalue weighted by Crippen LogP contribution is -2.42. The average Bonchev–Trinajstić information content (AvgIpc) is 2.80. The number of benzene rings is 1. The third kappa shape index (κ3) is 3.51. The van der Waals surface area contributed by atoms with Crippen molar-refractivity contribution in [1.29, 1.82) is 0 Å². The Hall–Kier alpha value is -2.54. The van der Waals surface area contributed by atoms with Gasteiger partial charge >= 0.3 is 12.0 Å². The molecule has 1 aromatic heterocycles. The summed E-state index contributed by atoms with van der Waals surface area (Å²) in [5.74, 6) is -1.74. The van der Waals surface area contributed by atoms with Gasteiger partial charge in [-0.25, -0.2) is 9.59 Å². The molecule has 0 saturated heterocycles. The molecule has 3 amide bonds. The smallest absolute Gasteiger partial charge is 0.375 e. The number of fused-ring (bicyclic) bond motifs is 1. The van der Waals surface area contributed by atoms with Crippen molar-refractivity contribution in [2.75, 3.05) is 0 Å². The van der Waals surface area contributed by atoms with Crippen molar-refractivity contribution in [2.24, 2.45) is 5.73 Å². The van der Waals surface area contributed by atoms with Crippen LogP contribution in [-0.2, 0) is 9.53 Å². The summed E-state index contributed by atoms with van der Waals surface area (Å²) >= 11 is 5.83. The summed E-state index contributed by atoms with van der Waals surface area (Å²) in [6.07, 6.45) is -1.19. The molecule has 0 unspecified atom stereocenters. The van der Waals surface area contributed by atoms with E-state index in [1.165, 1.54) is 13.0 Å². The molecule has 0 spiro atoms. The maximum atomic E-state index is 11.9. The number of carbonyl (C=O) groups excluding carboxylic acids is 3. The topological polar surface area (TPSA) is 112 Å². The van der Waals surface area contributed by atoms with Crippen molar-refractivity contribution >= 4 is 40.5 Å². The molecular formula is C13H11ClN2O5. The Balaban J connectivity index is 2.11. The van der Waals surface area contributed by atoms with Gasteiger partial charge in [-0.3, -0.25) is 10.1 Å². The second-order valence-corrected chi connectivity index (χ2v) is 4.63. The van der Waals surface area contributed by atoms with E-state index in [1.807, 2.05) is 5.32 Å². The number of furan rings is 1. The molecule has 7 nitrogen and oxygen atoms in total. The summed E-state index contributed by atoms with van der Waals surface area (Å²) in [4.78, 5) is 33.8. The predicted octanol–water partition coefficient (Wildman–Crippen LogP) is 1.83. The molecule has 2 rings (SSSR count). The first-order valence-corrected chi connectivity index (χ1v) is 6.25. The van der Waals surface area contributed by atoms with Gasteiger partial charge in [-0.05, 0) is 31.2 Å². The molecule has 110 valence electrons. The Morgan fingerprint density at radius 2 is 2.05 bits per heavy atom. The maximum Gasteiger partial charge on any atom is 0.375 e. The molecule has 0 radical (unpaired) electrons. The van der Waals surface area contributed by atoms with E-state index in [0.29, 0.717) is 16.0 Å². The Kier molecular flexibility index (Phi) is 4.13. The van der Waals surface area contributed by atoms with Gasteiger partial charge in [-0.2, -0.15) is 0 Å². The highest BCUT2D eigenvalue weighted by Gasteiger charge is 2.22. The molecular weight excluding hydrogens is 300 g/mol. The molecule has 0 saturated carbocycles. The van der Waals surface area contributed by atoms with E-state index in [9.17, 15) is 14.4 Å². The van der Waals surface area contributed by atoms with E-state index in [4.69, 9.17) is 26.5 Å². The maximum absolute atomic E-state index is 11.9. The van der Waals surface area contributed by atoms with Crippen LogP contribution in [-0.4, -0.2) is 24.0 Å². The molecule has 1 heterocycles. The number of urea groups is 1. The van der Waals surface area contributed by atoms with E-state index in [1.54, 1.807) is 18.2 Å². The van der Waals surface area contributed by atoms with Gasteiger partial charge in [0.25, 0.3) is 5.91 Å². The fraction of sp³-hybridized carbons (Fsp3) is 0.154. The standard InChI is InChI=1S/C13H11ClN2O5/c1-6(11(17)16-13(15)19)20-12(18)10-5-7-4-8(14)2-3-9(7)21-10/h2-6H,1H3,(H3,15,16,17,19)/t6-/m0/s1. The first-order chi connectivity index (χ1) is 9.86. The van der Waals surface area contributed by atoms with Gasteiger partial charge in [0, 0.05) is 10.4 Å². The number of ether oxygens (including phenoxy) is 1. The van der Waals surface area contributed by atoms with Gasteiger partial charge in [0.15, 0.2) is 6.10 Å². The number of esters is 1. The van der Waals surface area contributed by atoms with E-state index in [0.717, 1.165) is 0 Å². The monoisotopic (exact) mass is 310 g/mol. The van der Waals surface area contributed by atoms with Crippen LogP contribution < -0.4 is 11.1 Å². The van der Waals surface area contributed by atoms with Crippen LogP contribution >= 0.6 is 11.6 Å². The average molecular weight is 311 g/mol. The van der Waals surface area contributed by atoms with Crippen molar-refractivity contribution in [1.82, 2.24) is 5.32 Å². The highest BCUT2D eigenvalue weighted by molar-refractivity contribution is 6.31. The first kappa shape index (κ1) is 14.9. The zero-order valence-electron chi connectivity index (χ0n) is 10.9. The summed E-state index contributed by atoms with van der Waals surface area (Å²) in [5.41, 5.74) is 5.25.